The summed E-state index contributed by atoms with van der Waals surface area (Å²) < 4.78 is 21.5. The highest BCUT2D eigenvalue weighted by atomic mass is 16.6. The van der Waals surface area contributed by atoms with Crippen molar-refractivity contribution in [1.82, 2.24) is 4.90 Å². The lowest BCUT2D eigenvalue weighted by atomic mass is 9.64. The minimum absolute atomic E-state index is 0.168. The molecule has 1 saturated heterocycles. The van der Waals surface area contributed by atoms with Crippen molar-refractivity contribution < 1.29 is 28.5 Å². The van der Waals surface area contributed by atoms with Gasteiger partial charge in [-0.1, -0.05) is 24.3 Å². The number of ether oxygens (including phenoxy) is 4. The molecule has 0 aromatic heterocycles. The Morgan fingerprint density at radius 1 is 0.912 bits per heavy atom. The molecule has 8 heteroatoms. The second-order valence-electron chi connectivity index (χ2n) is 8.26. The summed E-state index contributed by atoms with van der Waals surface area (Å²) in [6.07, 6.45) is -0.483. The minimum atomic E-state index is -1.32. The van der Waals surface area contributed by atoms with Gasteiger partial charge >= 0.3 is 12.1 Å². The van der Waals surface area contributed by atoms with Gasteiger partial charge in [0, 0.05) is 5.92 Å². The van der Waals surface area contributed by atoms with Gasteiger partial charge in [-0.15, -0.1) is 0 Å². The average Bonchev–Trinajstić information content (AvgIpc) is 3.50. The number of carbonyl (C=O) groups is 2. The third-order valence-corrected chi connectivity index (χ3v) is 6.84. The largest absolute Gasteiger partial charge is 0.497 e. The molecule has 0 radical (unpaired) electrons. The standard InChI is InChI=1S/C26H28N2O6/c1-5-33-24(29)26(17-9-13-19(32-4)14-10-17)20(15-27)22-23(28(22)25(30)34-6-2)21(26)16-7-11-18(31-3)12-8-16/h7-14,20-23H,5-6H2,1-4H3. The molecule has 178 valence electrons. The summed E-state index contributed by atoms with van der Waals surface area (Å²) in [5, 5.41) is 10.4. The lowest BCUT2D eigenvalue weighted by molar-refractivity contribution is -0.152. The molecule has 0 spiro atoms. The number of likely N-dealkylation sites (tertiary alicyclic amines) is 1. The van der Waals surface area contributed by atoms with Crippen molar-refractivity contribution >= 4 is 12.1 Å². The van der Waals surface area contributed by atoms with Gasteiger partial charge in [-0.25, -0.2) is 4.79 Å². The Hall–Kier alpha value is -3.73. The summed E-state index contributed by atoms with van der Waals surface area (Å²) in [6, 6.07) is 16.0. The van der Waals surface area contributed by atoms with Gasteiger partial charge in [0.25, 0.3) is 0 Å². The molecule has 1 saturated carbocycles. The van der Waals surface area contributed by atoms with E-state index in [9.17, 15) is 14.9 Å². The summed E-state index contributed by atoms with van der Waals surface area (Å²) in [4.78, 5) is 28.1. The zero-order valence-corrected chi connectivity index (χ0v) is 19.7. The van der Waals surface area contributed by atoms with E-state index in [1.807, 2.05) is 24.3 Å². The van der Waals surface area contributed by atoms with Gasteiger partial charge in [-0.05, 0) is 49.2 Å². The van der Waals surface area contributed by atoms with Gasteiger partial charge in [0.2, 0.25) is 0 Å². The van der Waals surface area contributed by atoms with Crippen LogP contribution < -0.4 is 9.47 Å². The summed E-state index contributed by atoms with van der Waals surface area (Å²) in [5.41, 5.74) is 0.142. The molecule has 0 N–H and O–H groups in total. The minimum Gasteiger partial charge on any atom is -0.497 e. The number of esters is 1. The molecule has 2 aromatic carbocycles. The second kappa shape index (κ2) is 9.26. The van der Waals surface area contributed by atoms with Crippen LogP contribution in [0.3, 0.4) is 0 Å². The summed E-state index contributed by atoms with van der Waals surface area (Å²) in [7, 11) is 3.15. The lowest BCUT2D eigenvalue weighted by Crippen LogP contribution is -2.50. The molecule has 8 nitrogen and oxygen atoms in total. The first-order valence-electron chi connectivity index (χ1n) is 11.3. The Kier molecular flexibility index (Phi) is 6.38. The molecule has 4 rings (SSSR count). The Balaban J connectivity index is 1.93. The Morgan fingerprint density at radius 2 is 1.47 bits per heavy atom. The van der Waals surface area contributed by atoms with E-state index in [-0.39, 0.29) is 19.3 Å². The normalized spacial score (nSPS) is 26.7. The highest BCUT2D eigenvalue weighted by Crippen LogP contribution is 2.65. The maximum atomic E-state index is 13.8. The molecule has 2 fully saturated rings. The number of fused-ring (bicyclic) bond motifs is 1. The third-order valence-electron chi connectivity index (χ3n) is 6.84. The van der Waals surface area contributed by atoms with Crippen LogP contribution in [0.5, 0.6) is 11.5 Å². The molecular formula is C26H28N2O6. The molecule has 5 unspecified atom stereocenters. The number of nitriles is 1. The van der Waals surface area contributed by atoms with Gasteiger partial charge in [0.05, 0.1) is 51.5 Å². The number of carbonyl (C=O) groups excluding carboxylic acids is 2. The Labute approximate surface area is 199 Å². The maximum absolute atomic E-state index is 13.8. The molecule has 2 aliphatic rings. The van der Waals surface area contributed by atoms with E-state index in [0.717, 1.165) is 5.56 Å². The van der Waals surface area contributed by atoms with Gasteiger partial charge in [-0.2, -0.15) is 5.26 Å². The summed E-state index contributed by atoms with van der Waals surface area (Å²) >= 11 is 0. The smallest absolute Gasteiger partial charge is 0.410 e. The Morgan fingerprint density at radius 3 is 1.97 bits per heavy atom. The fourth-order valence-corrected chi connectivity index (χ4v) is 5.46. The van der Waals surface area contributed by atoms with E-state index < -0.39 is 35.4 Å². The van der Waals surface area contributed by atoms with E-state index in [2.05, 4.69) is 6.07 Å². The highest BCUT2D eigenvalue weighted by molar-refractivity contribution is 5.89. The number of hydrogen-bond donors (Lipinski definition) is 0. The van der Waals surface area contributed by atoms with Crippen LogP contribution in [-0.2, 0) is 19.7 Å². The fraction of sp³-hybridized carbons (Fsp3) is 0.423. The topological polar surface area (TPSA) is 97.9 Å². The van der Waals surface area contributed by atoms with E-state index in [0.29, 0.717) is 17.1 Å². The van der Waals surface area contributed by atoms with Crippen LogP contribution in [-0.4, -0.2) is 56.5 Å². The first-order chi connectivity index (χ1) is 16.5. The number of hydrogen-bond acceptors (Lipinski definition) is 7. The quantitative estimate of drug-likeness (QED) is 0.456. The van der Waals surface area contributed by atoms with Crippen molar-refractivity contribution in [2.45, 2.75) is 37.3 Å². The van der Waals surface area contributed by atoms with Crippen LogP contribution in [0.25, 0.3) is 0 Å². The fourth-order valence-electron chi connectivity index (χ4n) is 5.46. The summed E-state index contributed by atoms with van der Waals surface area (Å²) in [5.74, 6) is -0.539. The van der Waals surface area contributed by atoms with Crippen molar-refractivity contribution in [3.05, 3.63) is 59.7 Å². The van der Waals surface area contributed by atoms with Crippen molar-refractivity contribution in [3.8, 4) is 17.6 Å². The molecule has 1 amide bonds. The molecule has 1 heterocycles. The predicted octanol–water partition coefficient (Wildman–Crippen LogP) is 3.65. The molecule has 2 aromatic rings. The van der Waals surface area contributed by atoms with Crippen molar-refractivity contribution in [1.29, 1.82) is 5.26 Å². The van der Waals surface area contributed by atoms with Crippen LogP contribution in [0.15, 0.2) is 48.5 Å². The van der Waals surface area contributed by atoms with Gasteiger partial charge in [0.1, 0.15) is 16.9 Å². The monoisotopic (exact) mass is 464 g/mol. The van der Waals surface area contributed by atoms with Crippen LogP contribution in [0.2, 0.25) is 0 Å². The van der Waals surface area contributed by atoms with E-state index >= 15 is 0 Å². The first-order valence-corrected chi connectivity index (χ1v) is 11.3. The number of amides is 1. The zero-order chi connectivity index (χ0) is 24.5. The van der Waals surface area contributed by atoms with E-state index in [4.69, 9.17) is 18.9 Å². The molecule has 0 bridgehead atoms. The van der Waals surface area contributed by atoms with E-state index in [1.54, 1.807) is 57.2 Å². The zero-order valence-electron chi connectivity index (χ0n) is 19.7. The molecule has 5 atom stereocenters. The predicted molar refractivity (Wildman–Crippen MR) is 123 cm³/mol. The van der Waals surface area contributed by atoms with Crippen LogP contribution in [0.1, 0.15) is 30.9 Å². The number of methoxy groups -OCH3 is 2. The van der Waals surface area contributed by atoms with Gasteiger partial charge in [-0.3, -0.25) is 9.69 Å². The van der Waals surface area contributed by atoms with Gasteiger partial charge in [0.15, 0.2) is 0 Å². The number of benzene rings is 2. The summed E-state index contributed by atoms with van der Waals surface area (Å²) in [6.45, 7) is 3.87. The van der Waals surface area contributed by atoms with E-state index in [1.165, 1.54) is 0 Å². The van der Waals surface area contributed by atoms with Crippen molar-refractivity contribution in [2.24, 2.45) is 5.92 Å². The van der Waals surface area contributed by atoms with Crippen LogP contribution in [0, 0.1) is 17.2 Å². The van der Waals surface area contributed by atoms with Crippen LogP contribution >= 0.6 is 0 Å². The van der Waals surface area contributed by atoms with Gasteiger partial charge < -0.3 is 18.9 Å². The second-order valence-corrected chi connectivity index (χ2v) is 8.26. The number of rotatable bonds is 7. The molecule has 1 aliphatic carbocycles. The average molecular weight is 465 g/mol. The maximum Gasteiger partial charge on any atom is 0.410 e. The van der Waals surface area contributed by atoms with Crippen molar-refractivity contribution in [3.63, 3.8) is 0 Å². The number of nitrogens with zero attached hydrogens (tertiary/aromatic N) is 2. The SMILES string of the molecule is CCOC(=O)N1C2C1C(c1ccc(OC)cc1)C(C(=O)OCC)(c1ccc(OC)cc1)C2C#N. The van der Waals surface area contributed by atoms with Crippen LogP contribution in [0.4, 0.5) is 4.79 Å². The Bertz CT molecular complexity index is 1090. The highest BCUT2D eigenvalue weighted by Gasteiger charge is 2.78. The third kappa shape index (κ3) is 3.43. The van der Waals surface area contributed by atoms with Crippen molar-refractivity contribution in [2.75, 3.05) is 27.4 Å². The molecule has 34 heavy (non-hydrogen) atoms. The first kappa shape index (κ1) is 23.4. The molecular weight excluding hydrogens is 436 g/mol. The molecule has 1 aliphatic heterocycles. The number of piperidine rings is 1. The lowest BCUT2D eigenvalue weighted by Gasteiger charge is -2.39.